The molecule has 4 rings (SSSR count). The van der Waals surface area contributed by atoms with E-state index in [1.54, 1.807) is 6.20 Å². The zero-order chi connectivity index (χ0) is 17.9. The van der Waals surface area contributed by atoms with Crippen molar-refractivity contribution in [3.63, 3.8) is 0 Å². The molecular formula is C21H22N4O. The third-order valence-corrected chi connectivity index (χ3v) is 5.19. The van der Waals surface area contributed by atoms with Gasteiger partial charge in [-0.3, -0.25) is 9.78 Å². The molecule has 0 unspecified atom stereocenters. The van der Waals surface area contributed by atoms with Gasteiger partial charge in [-0.1, -0.05) is 12.6 Å². The molecule has 5 nitrogen and oxygen atoms in total. The van der Waals surface area contributed by atoms with Crippen molar-refractivity contribution in [1.29, 1.82) is 0 Å². The van der Waals surface area contributed by atoms with E-state index < -0.39 is 0 Å². The molecule has 1 aliphatic heterocycles. The summed E-state index contributed by atoms with van der Waals surface area (Å²) in [6.07, 6.45) is 11.7. The second-order valence-corrected chi connectivity index (χ2v) is 6.84. The molecule has 3 aromatic heterocycles. The maximum absolute atomic E-state index is 11.6. The molecule has 4 heterocycles. The number of piperidine rings is 1. The second-order valence-electron chi connectivity index (χ2n) is 6.84. The van der Waals surface area contributed by atoms with Crippen LogP contribution in [0.1, 0.15) is 19.3 Å². The summed E-state index contributed by atoms with van der Waals surface area (Å²) in [5.41, 5.74) is 4.23. The van der Waals surface area contributed by atoms with Crippen molar-refractivity contribution >= 4 is 22.5 Å². The summed E-state index contributed by atoms with van der Waals surface area (Å²) in [5.74, 6) is 0.617. The molecule has 0 aromatic carbocycles. The van der Waals surface area contributed by atoms with Crippen LogP contribution in [0.25, 0.3) is 22.2 Å². The van der Waals surface area contributed by atoms with Gasteiger partial charge in [0.1, 0.15) is 5.65 Å². The summed E-state index contributed by atoms with van der Waals surface area (Å²) in [6, 6.07) is 6.21. The van der Waals surface area contributed by atoms with Gasteiger partial charge in [-0.2, -0.15) is 0 Å². The first-order valence-electron chi connectivity index (χ1n) is 9.02. The van der Waals surface area contributed by atoms with Gasteiger partial charge in [-0.05, 0) is 37.0 Å². The number of nitrogens with zero attached hydrogens (tertiary/aromatic N) is 3. The number of anilines is 1. The van der Waals surface area contributed by atoms with E-state index in [9.17, 15) is 4.79 Å². The highest BCUT2D eigenvalue weighted by Gasteiger charge is 2.21. The van der Waals surface area contributed by atoms with Crippen LogP contribution >= 0.6 is 0 Å². The predicted octanol–water partition coefficient (Wildman–Crippen LogP) is 3.99. The Morgan fingerprint density at radius 2 is 2.19 bits per heavy atom. The first-order valence-corrected chi connectivity index (χ1v) is 9.02. The molecule has 0 spiro atoms. The third-order valence-electron chi connectivity index (χ3n) is 5.19. The minimum absolute atomic E-state index is 0.153. The van der Waals surface area contributed by atoms with Crippen molar-refractivity contribution in [2.45, 2.75) is 19.3 Å². The minimum atomic E-state index is 0.153. The van der Waals surface area contributed by atoms with Crippen LogP contribution in [0.4, 0.5) is 5.69 Å². The molecule has 1 aliphatic rings. The number of ketones is 1. The number of rotatable bonds is 5. The van der Waals surface area contributed by atoms with Crippen LogP contribution in [0.15, 0.2) is 55.6 Å². The number of hydrogen-bond donors (Lipinski definition) is 1. The number of fused-ring (bicyclic) bond motifs is 1. The summed E-state index contributed by atoms with van der Waals surface area (Å²) in [4.78, 5) is 26.0. The Hall–Kier alpha value is -2.95. The largest absolute Gasteiger partial charge is 0.370 e. The maximum Gasteiger partial charge on any atom is 0.155 e. The lowest BCUT2D eigenvalue weighted by atomic mass is 9.91. The van der Waals surface area contributed by atoms with Gasteiger partial charge >= 0.3 is 0 Å². The predicted molar refractivity (Wildman–Crippen MR) is 104 cm³/mol. The van der Waals surface area contributed by atoms with Gasteiger partial charge in [-0.25, -0.2) is 4.98 Å². The van der Waals surface area contributed by atoms with Gasteiger partial charge in [0.05, 0.1) is 11.9 Å². The summed E-state index contributed by atoms with van der Waals surface area (Å²) in [6.45, 7) is 5.48. The second kappa shape index (κ2) is 7.12. The van der Waals surface area contributed by atoms with Gasteiger partial charge in [0.25, 0.3) is 0 Å². The average Bonchev–Trinajstić information content (AvgIpc) is 3.12. The van der Waals surface area contributed by atoms with Gasteiger partial charge in [0.15, 0.2) is 5.78 Å². The zero-order valence-corrected chi connectivity index (χ0v) is 14.7. The number of nitrogens with one attached hydrogen (secondary N) is 1. The highest BCUT2D eigenvalue weighted by molar-refractivity contribution is 5.95. The molecule has 3 aromatic rings. The zero-order valence-electron chi connectivity index (χ0n) is 14.7. The van der Waals surface area contributed by atoms with E-state index >= 15 is 0 Å². The van der Waals surface area contributed by atoms with E-state index in [4.69, 9.17) is 0 Å². The molecule has 0 bridgehead atoms. The topological polar surface area (TPSA) is 61.9 Å². The van der Waals surface area contributed by atoms with Crippen molar-refractivity contribution in [2.75, 3.05) is 18.0 Å². The standard InChI is InChI=1S/C21H22N4O/c1-2-18(26)10-15-5-8-25(9-6-15)17-11-19-20(14-24-21(19)23-13-17)16-4-3-7-22-12-16/h2-4,7,11-15H,1,5-6,8-10H2,(H,23,24). The normalized spacial score (nSPS) is 15.3. The fourth-order valence-electron chi connectivity index (χ4n) is 3.69. The molecule has 1 N–H and O–H groups in total. The fraction of sp³-hybridized carbons (Fsp3) is 0.286. The van der Waals surface area contributed by atoms with Crippen LogP contribution in [0.3, 0.4) is 0 Å². The Morgan fingerprint density at radius 3 is 2.92 bits per heavy atom. The fourth-order valence-corrected chi connectivity index (χ4v) is 3.69. The van der Waals surface area contributed by atoms with Gasteiger partial charge < -0.3 is 9.88 Å². The van der Waals surface area contributed by atoms with E-state index in [1.807, 2.05) is 24.7 Å². The van der Waals surface area contributed by atoms with Crippen molar-refractivity contribution in [3.8, 4) is 11.1 Å². The lowest BCUT2D eigenvalue weighted by Gasteiger charge is -2.33. The number of pyridine rings is 2. The Kier molecular flexibility index (Phi) is 4.52. The monoisotopic (exact) mass is 346 g/mol. The van der Waals surface area contributed by atoms with Crippen LogP contribution in [-0.4, -0.2) is 33.8 Å². The van der Waals surface area contributed by atoms with Crippen molar-refractivity contribution in [1.82, 2.24) is 15.0 Å². The molecule has 1 fully saturated rings. The van der Waals surface area contributed by atoms with Gasteiger partial charge in [-0.15, -0.1) is 0 Å². The molecular weight excluding hydrogens is 324 g/mol. The molecule has 132 valence electrons. The van der Waals surface area contributed by atoms with E-state index in [0.29, 0.717) is 12.3 Å². The molecule has 0 amide bonds. The smallest absolute Gasteiger partial charge is 0.155 e. The Balaban J connectivity index is 1.55. The maximum atomic E-state index is 11.6. The molecule has 26 heavy (non-hydrogen) atoms. The van der Waals surface area contributed by atoms with Crippen LogP contribution in [0.5, 0.6) is 0 Å². The van der Waals surface area contributed by atoms with Crippen molar-refractivity contribution < 1.29 is 4.79 Å². The SMILES string of the molecule is C=CC(=O)CC1CCN(c2cnc3[nH]cc(-c4cccnc4)c3c2)CC1. The number of carbonyl (C=O) groups is 1. The molecule has 0 saturated carbocycles. The first kappa shape index (κ1) is 16.5. The summed E-state index contributed by atoms with van der Waals surface area (Å²) < 4.78 is 0. The third kappa shape index (κ3) is 3.25. The summed E-state index contributed by atoms with van der Waals surface area (Å²) >= 11 is 0. The van der Waals surface area contributed by atoms with E-state index in [2.05, 4.69) is 38.6 Å². The molecule has 1 saturated heterocycles. The van der Waals surface area contributed by atoms with Crippen LogP contribution < -0.4 is 4.90 Å². The highest BCUT2D eigenvalue weighted by Crippen LogP contribution is 2.31. The Labute approximate surface area is 152 Å². The number of H-pyrrole nitrogens is 1. The molecule has 0 radical (unpaired) electrons. The first-order chi connectivity index (χ1) is 12.7. The van der Waals surface area contributed by atoms with Gasteiger partial charge in [0, 0.05) is 54.6 Å². The lowest BCUT2D eigenvalue weighted by Crippen LogP contribution is -2.34. The average molecular weight is 346 g/mol. The van der Waals surface area contributed by atoms with Crippen LogP contribution in [-0.2, 0) is 4.79 Å². The highest BCUT2D eigenvalue weighted by atomic mass is 16.1. The lowest BCUT2D eigenvalue weighted by molar-refractivity contribution is -0.115. The molecule has 0 atom stereocenters. The Bertz CT molecular complexity index is 924. The summed E-state index contributed by atoms with van der Waals surface area (Å²) in [7, 11) is 0. The Morgan fingerprint density at radius 1 is 1.35 bits per heavy atom. The van der Waals surface area contributed by atoms with E-state index in [1.165, 1.54) is 6.08 Å². The molecule has 5 heteroatoms. The van der Waals surface area contributed by atoms with Crippen molar-refractivity contribution in [2.24, 2.45) is 5.92 Å². The van der Waals surface area contributed by atoms with Crippen LogP contribution in [0, 0.1) is 5.92 Å². The number of allylic oxidation sites excluding steroid dienone is 1. The van der Waals surface area contributed by atoms with E-state index in [-0.39, 0.29) is 5.78 Å². The number of hydrogen-bond acceptors (Lipinski definition) is 4. The quantitative estimate of drug-likeness (QED) is 0.710. The van der Waals surface area contributed by atoms with Gasteiger partial charge in [0.2, 0.25) is 0 Å². The van der Waals surface area contributed by atoms with Crippen molar-refractivity contribution in [3.05, 3.63) is 55.6 Å². The van der Waals surface area contributed by atoms with Crippen LogP contribution in [0.2, 0.25) is 0 Å². The number of aromatic amines is 1. The van der Waals surface area contributed by atoms with E-state index in [0.717, 1.165) is 53.8 Å². The number of carbonyl (C=O) groups excluding carboxylic acids is 1. The summed E-state index contributed by atoms with van der Waals surface area (Å²) in [5, 5.41) is 1.11. The minimum Gasteiger partial charge on any atom is -0.370 e. The number of aromatic nitrogens is 3. The molecule has 0 aliphatic carbocycles.